The lowest BCUT2D eigenvalue weighted by Crippen LogP contribution is -2.21. The van der Waals surface area contributed by atoms with Gasteiger partial charge in [0.15, 0.2) is 5.76 Å². The number of benzene rings is 1. The summed E-state index contributed by atoms with van der Waals surface area (Å²) in [6.07, 6.45) is -1.80. The lowest BCUT2D eigenvalue weighted by molar-refractivity contribution is -0.0690. The Morgan fingerprint density at radius 1 is 1.12 bits per heavy atom. The highest BCUT2D eigenvalue weighted by Gasteiger charge is 2.25. The molecule has 1 unspecified atom stereocenters. The third-order valence-corrected chi connectivity index (χ3v) is 5.20. The summed E-state index contributed by atoms with van der Waals surface area (Å²) < 4.78 is 18.1. The highest BCUT2D eigenvalue weighted by Crippen LogP contribution is 2.32. The molecule has 33 heavy (non-hydrogen) atoms. The van der Waals surface area contributed by atoms with Gasteiger partial charge in [-0.1, -0.05) is 58.9 Å². The number of rotatable bonds is 7. The summed E-state index contributed by atoms with van der Waals surface area (Å²) in [4.78, 5) is 12.0. The normalized spacial score (nSPS) is 13.2. The van der Waals surface area contributed by atoms with E-state index in [1.54, 1.807) is 18.7 Å². The summed E-state index contributed by atoms with van der Waals surface area (Å²) in [5, 5.41) is 14.6. The van der Waals surface area contributed by atoms with Crippen LogP contribution in [-0.4, -0.2) is 28.8 Å². The van der Waals surface area contributed by atoms with Crippen LogP contribution in [0.2, 0.25) is 0 Å². The van der Waals surface area contributed by atoms with E-state index in [0.29, 0.717) is 22.6 Å². The second kappa shape index (κ2) is 10.6. The molecule has 7 heteroatoms. The van der Waals surface area contributed by atoms with Crippen molar-refractivity contribution < 1.29 is 19.0 Å². The Balaban J connectivity index is 2.50. The molecular formula is C26H35N3O4. The van der Waals surface area contributed by atoms with Crippen LogP contribution in [0.1, 0.15) is 69.6 Å². The van der Waals surface area contributed by atoms with E-state index in [-0.39, 0.29) is 17.9 Å². The second-order valence-corrected chi connectivity index (χ2v) is 9.58. The van der Waals surface area contributed by atoms with E-state index in [1.165, 1.54) is 0 Å². The standard InChI is InChI=1S/C26H35N3O4/c1-16(2)15-31-25(30)33-19(5)32-24(23-17(3)18(4)28-29(23)9)22(14-27)20-10-12-21(13-11-20)26(6,7)8/h10-13,16,19H,15H2,1-9H3/b24-22-. The minimum Gasteiger partial charge on any atom is -0.451 e. The molecule has 0 amide bonds. The largest absolute Gasteiger partial charge is 0.511 e. The van der Waals surface area contributed by atoms with Crippen molar-refractivity contribution in [3.8, 4) is 6.07 Å². The molecular weight excluding hydrogens is 418 g/mol. The van der Waals surface area contributed by atoms with E-state index in [9.17, 15) is 10.1 Å². The van der Waals surface area contributed by atoms with E-state index in [2.05, 4.69) is 31.9 Å². The van der Waals surface area contributed by atoms with Gasteiger partial charge in [-0.15, -0.1) is 0 Å². The predicted molar refractivity (Wildman–Crippen MR) is 128 cm³/mol. The van der Waals surface area contributed by atoms with Gasteiger partial charge in [-0.05, 0) is 36.3 Å². The molecule has 0 spiro atoms. The van der Waals surface area contributed by atoms with Gasteiger partial charge in [0.05, 0.1) is 12.3 Å². The number of hydrogen-bond acceptors (Lipinski definition) is 6. The maximum absolute atomic E-state index is 12.0. The number of nitrogens with zero attached hydrogens (tertiary/aromatic N) is 3. The topological polar surface area (TPSA) is 86.4 Å². The summed E-state index contributed by atoms with van der Waals surface area (Å²) >= 11 is 0. The fourth-order valence-corrected chi connectivity index (χ4v) is 3.29. The van der Waals surface area contributed by atoms with Crippen molar-refractivity contribution in [3.05, 3.63) is 52.3 Å². The lowest BCUT2D eigenvalue weighted by atomic mass is 9.86. The summed E-state index contributed by atoms with van der Waals surface area (Å²) in [5.74, 6) is 0.483. The van der Waals surface area contributed by atoms with Gasteiger partial charge in [0.25, 0.3) is 0 Å². The number of carbonyl (C=O) groups is 1. The zero-order valence-corrected chi connectivity index (χ0v) is 21.1. The Morgan fingerprint density at radius 2 is 1.73 bits per heavy atom. The zero-order chi connectivity index (χ0) is 24.9. The second-order valence-electron chi connectivity index (χ2n) is 9.58. The van der Waals surface area contributed by atoms with Gasteiger partial charge in [0.1, 0.15) is 17.3 Å². The van der Waals surface area contributed by atoms with Gasteiger partial charge in [-0.3, -0.25) is 4.68 Å². The third kappa shape index (κ3) is 6.61. The molecule has 0 radical (unpaired) electrons. The third-order valence-electron chi connectivity index (χ3n) is 5.20. The van der Waals surface area contributed by atoms with Gasteiger partial charge in [-0.25, -0.2) is 4.79 Å². The number of nitriles is 1. The number of ether oxygens (including phenoxy) is 3. The summed E-state index contributed by atoms with van der Waals surface area (Å²) in [6, 6.07) is 10.1. The molecule has 1 aromatic carbocycles. The van der Waals surface area contributed by atoms with Crippen LogP contribution in [0, 0.1) is 31.1 Å². The minimum atomic E-state index is -0.980. The highest BCUT2D eigenvalue weighted by atomic mass is 16.8. The molecule has 0 fully saturated rings. The van der Waals surface area contributed by atoms with E-state index < -0.39 is 12.4 Å². The van der Waals surface area contributed by atoms with Crippen LogP contribution < -0.4 is 0 Å². The molecule has 0 saturated heterocycles. The molecule has 0 aliphatic carbocycles. The number of aryl methyl sites for hydroxylation is 2. The van der Waals surface area contributed by atoms with Crippen LogP contribution in [0.25, 0.3) is 11.3 Å². The fraction of sp³-hybridized carbons (Fsp3) is 0.500. The van der Waals surface area contributed by atoms with Gasteiger partial charge >= 0.3 is 6.16 Å². The maximum atomic E-state index is 12.0. The molecule has 0 N–H and O–H groups in total. The van der Waals surface area contributed by atoms with Crippen LogP contribution in [-0.2, 0) is 26.7 Å². The monoisotopic (exact) mass is 453 g/mol. The first-order valence-electron chi connectivity index (χ1n) is 11.1. The molecule has 1 heterocycles. The predicted octanol–water partition coefficient (Wildman–Crippen LogP) is 5.90. The van der Waals surface area contributed by atoms with E-state index in [4.69, 9.17) is 14.2 Å². The van der Waals surface area contributed by atoms with Crippen molar-refractivity contribution in [3.63, 3.8) is 0 Å². The van der Waals surface area contributed by atoms with Gasteiger partial charge in [-0.2, -0.15) is 10.4 Å². The zero-order valence-electron chi connectivity index (χ0n) is 21.1. The molecule has 1 aromatic heterocycles. The fourth-order valence-electron chi connectivity index (χ4n) is 3.29. The van der Waals surface area contributed by atoms with E-state index >= 15 is 0 Å². The van der Waals surface area contributed by atoms with Gasteiger partial charge < -0.3 is 14.2 Å². The average Bonchev–Trinajstić information content (AvgIpc) is 2.97. The summed E-state index contributed by atoms with van der Waals surface area (Å²) in [6.45, 7) is 15.9. The number of allylic oxidation sites excluding steroid dienone is 1. The molecule has 0 bridgehead atoms. The lowest BCUT2D eigenvalue weighted by Gasteiger charge is -2.21. The van der Waals surface area contributed by atoms with Gasteiger partial charge in [0, 0.05) is 19.5 Å². The van der Waals surface area contributed by atoms with Crippen molar-refractivity contribution in [1.82, 2.24) is 9.78 Å². The average molecular weight is 454 g/mol. The summed E-state index contributed by atoms with van der Waals surface area (Å²) in [5.41, 5.74) is 4.52. The number of hydrogen-bond donors (Lipinski definition) is 0. The number of carbonyl (C=O) groups excluding carboxylic acids is 1. The molecule has 2 aromatic rings. The Kier molecular flexibility index (Phi) is 8.32. The van der Waals surface area contributed by atoms with Crippen LogP contribution in [0.5, 0.6) is 0 Å². The first kappa shape index (κ1) is 26.0. The highest BCUT2D eigenvalue weighted by molar-refractivity contribution is 5.94. The Morgan fingerprint density at radius 3 is 2.18 bits per heavy atom. The first-order chi connectivity index (χ1) is 15.3. The number of aromatic nitrogens is 2. The van der Waals surface area contributed by atoms with E-state index in [1.807, 2.05) is 52.0 Å². The van der Waals surface area contributed by atoms with Crippen molar-refractivity contribution in [2.75, 3.05) is 6.61 Å². The molecule has 0 aliphatic rings. The SMILES string of the molecule is Cc1nn(C)c(/C(OC(C)OC(=O)OCC(C)C)=C(\C#N)c2ccc(C(C)(C)C)cc2)c1C. The Labute approximate surface area is 197 Å². The molecule has 2 rings (SSSR count). The van der Waals surface area contributed by atoms with Crippen molar-refractivity contribution >= 4 is 17.5 Å². The molecule has 0 aliphatic heterocycles. The van der Waals surface area contributed by atoms with Crippen LogP contribution in [0.4, 0.5) is 4.79 Å². The van der Waals surface area contributed by atoms with E-state index in [0.717, 1.165) is 16.8 Å². The Hall–Kier alpha value is -3.27. The molecule has 1 atom stereocenters. The van der Waals surface area contributed by atoms with Crippen molar-refractivity contribution in [2.24, 2.45) is 13.0 Å². The van der Waals surface area contributed by atoms with Crippen molar-refractivity contribution in [1.29, 1.82) is 5.26 Å². The molecule has 0 saturated carbocycles. The van der Waals surface area contributed by atoms with Crippen LogP contribution in [0.15, 0.2) is 24.3 Å². The first-order valence-corrected chi connectivity index (χ1v) is 11.1. The quantitative estimate of drug-likeness (QED) is 0.225. The van der Waals surface area contributed by atoms with Crippen LogP contribution >= 0.6 is 0 Å². The van der Waals surface area contributed by atoms with Crippen molar-refractivity contribution in [2.45, 2.75) is 67.1 Å². The van der Waals surface area contributed by atoms with Gasteiger partial charge in [0.2, 0.25) is 6.29 Å². The molecule has 178 valence electrons. The smallest absolute Gasteiger partial charge is 0.451 e. The van der Waals surface area contributed by atoms with Crippen LogP contribution in [0.3, 0.4) is 0 Å². The molecule has 7 nitrogen and oxygen atoms in total. The minimum absolute atomic E-state index is 0.0111. The maximum Gasteiger partial charge on any atom is 0.511 e. The Bertz CT molecular complexity index is 1050. The summed E-state index contributed by atoms with van der Waals surface area (Å²) in [7, 11) is 1.79.